The van der Waals surface area contributed by atoms with Crippen molar-refractivity contribution in [2.24, 2.45) is 0 Å². The van der Waals surface area contributed by atoms with Crippen LogP contribution in [0.5, 0.6) is 0 Å². The van der Waals surface area contributed by atoms with Gasteiger partial charge in [-0.3, -0.25) is 4.98 Å². The molecule has 1 aromatic heterocycles. The van der Waals surface area contributed by atoms with Gasteiger partial charge in [-0.1, -0.05) is 18.2 Å². The average molecular weight is 260 g/mol. The lowest BCUT2D eigenvalue weighted by Crippen LogP contribution is -2.03. The number of nitrogens with zero attached hydrogens (tertiary/aromatic N) is 1. The van der Waals surface area contributed by atoms with E-state index < -0.39 is 0 Å². The summed E-state index contributed by atoms with van der Waals surface area (Å²) in [4.78, 5) is 4.62. The first-order valence-corrected chi connectivity index (χ1v) is 7.80. The third kappa shape index (κ3) is 3.39. The molecule has 18 heavy (non-hydrogen) atoms. The Labute approximate surface area is 113 Å². The number of unbranched alkanes of at least 4 members (excludes halogenated alkanes) is 1. The third-order valence-corrected chi connectivity index (χ3v) is 3.65. The second-order valence-electron chi connectivity index (χ2n) is 4.46. The Hall–Kier alpha value is -1.22. The van der Waals surface area contributed by atoms with Crippen molar-refractivity contribution in [1.82, 2.24) is 4.98 Å². The van der Waals surface area contributed by atoms with Crippen LogP contribution in [0.1, 0.15) is 18.5 Å². The van der Waals surface area contributed by atoms with Crippen molar-refractivity contribution in [3.8, 4) is 0 Å². The highest BCUT2D eigenvalue weighted by Crippen LogP contribution is 2.21. The molecule has 0 radical (unpaired) electrons. The van der Waals surface area contributed by atoms with Crippen molar-refractivity contribution in [2.45, 2.75) is 19.8 Å². The highest BCUT2D eigenvalue weighted by molar-refractivity contribution is 7.98. The SMILES string of the molecule is CSCCCCNc1cccc2ccc(C)nc12. The minimum absolute atomic E-state index is 1.02. The number of aryl methyl sites for hydroxylation is 1. The molecule has 0 amide bonds. The average Bonchev–Trinajstić information content (AvgIpc) is 2.39. The van der Waals surface area contributed by atoms with E-state index in [9.17, 15) is 0 Å². The number of hydrogen-bond donors (Lipinski definition) is 1. The van der Waals surface area contributed by atoms with Gasteiger partial charge in [0.25, 0.3) is 0 Å². The van der Waals surface area contributed by atoms with Crippen molar-refractivity contribution in [2.75, 3.05) is 23.9 Å². The van der Waals surface area contributed by atoms with Crippen LogP contribution in [-0.2, 0) is 0 Å². The van der Waals surface area contributed by atoms with Gasteiger partial charge in [-0.2, -0.15) is 11.8 Å². The molecule has 0 saturated heterocycles. The van der Waals surface area contributed by atoms with Gasteiger partial charge in [0.15, 0.2) is 0 Å². The lowest BCUT2D eigenvalue weighted by atomic mass is 10.1. The zero-order chi connectivity index (χ0) is 12.8. The van der Waals surface area contributed by atoms with Crippen LogP contribution >= 0.6 is 11.8 Å². The maximum absolute atomic E-state index is 4.62. The lowest BCUT2D eigenvalue weighted by molar-refractivity contribution is 0.844. The quantitative estimate of drug-likeness (QED) is 0.792. The van der Waals surface area contributed by atoms with Crippen LogP contribution < -0.4 is 5.32 Å². The van der Waals surface area contributed by atoms with E-state index in [1.165, 1.54) is 24.0 Å². The van der Waals surface area contributed by atoms with E-state index >= 15 is 0 Å². The van der Waals surface area contributed by atoms with E-state index in [1.807, 2.05) is 18.7 Å². The van der Waals surface area contributed by atoms with Crippen molar-refractivity contribution in [3.63, 3.8) is 0 Å². The topological polar surface area (TPSA) is 24.9 Å². The second-order valence-corrected chi connectivity index (χ2v) is 5.44. The Morgan fingerprint density at radius 3 is 2.89 bits per heavy atom. The first kappa shape index (κ1) is 13.2. The number of fused-ring (bicyclic) bond motifs is 1. The Morgan fingerprint density at radius 2 is 2.06 bits per heavy atom. The maximum atomic E-state index is 4.62. The first-order chi connectivity index (χ1) is 8.81. The van der Waals surface area contributed by atoms with Crippen LogP contribution in [0.2, 0.25) is 0 Å². The van der Waals surface area contributed by atoms with Gasteiger partial charge < -0.3 is 5.32 Å². The van der Waals surface area contributed by atoms with Crippen LogP contribution in [0.25, 0.3) is 10.9 Å². The van der Waals surface area contributed by atoms with E-state index in [0.29, 0.717) is 0 Å². The minimum Gasteiger partial charge on any atom is -0.383 e. The van der Waals surface area contributed by atoms with Crippen molar-refractivity contribution in [3.05, 3.63) is 36.0 Å². The molecule has 1 N–H and O–H groups in total. The van der Waals surface area contributed by atoms with Crippen molar-refractivity contribution >= 4 is 28.4 Å². The van der Waals surface area contributed by atoms with E-state index in [2.05, 4.69) is 46.9 Å². The third-order valence-electron chi connectivity index (χ3n) is 2.95. The van der Waals surface area contributed by atoms with Crippen molar-refractivity contribution < 1.29 is 0 Å². The number of hydrogen-bond acceptors (Lipinski definition) is 3. The summed E-state index contributed by atoms with van der Waals surface area (Å²) in [6.45, 7) is 3.06. The molecule has 2 rings (SSSR count). The summed E-state index contributed by atoms with van der Waals surface area (Å²) in [6, 6.07) is 10.5. The molecule has 0 bridgehead atoms. The molecule has 0 spiro atoms. The van der Waals surface area contributed by atoms with Gasteiger partial charge in [-0.15, -0.1) is 0 Å². The number of anilines is 1. The normalized spacial score (nSPS) is 10.8. The van der Waals surface area contributed by atoms with E-state index in [1.54, 1.807) is 0 Å². The van der Waals surface area contributed by atoms with E-state index in [-0.39, 0.29) is 0 Å². The predicted molar refractivity (Wildman–Crippen MR) is 82.6 cm³/mol. The summed E-state index contributed by atoms with van der Waals surface area (Å²) in [5.41, 5.74) is 3.31. The molecule has 1 heterocycles. The van der Waals surface area contributed by atoms with E-state index in [0.717, 1.165) is 23.4 Å². The molecule has 3 heteroatoms. The largest absolute Gasteiger partial charge is 0.383 e. The molecule has 96 valence electrons. The minimum atomic E-state index is 1.02. The molecular weight excluding hydrogens is 240 g/mol. The zero-order valence-corrected chi connectivity index (χ0v) is 11.9. The van der Waals surface area contributed by atoms with Gasteiger partial charge in [0.05, 0.1) is 11.2 Å². The van der Waals surface area contributed by atoms with Crippen LogP contribution in [0, 0.1) is 6.92 Å². The maximum Gasteiger partial charge on any atom is 0.0936 e. The Balaban J connectivity index is 2.05. The van der Waals surface area contributed by atoms with Gasteiger partial charge in [-0.25, -0.2) is 0 Å². The molecule has 0 fully saturated rings. The molecule has 1 aromatic carbocycles. The summed E-state index contributed by atoms with van der Waals surface area (Å²) in [5, 5.41) is 4.71. The summed E-state index contributed by atoms with van der Waals surface area (Å²) in [7, 11) is 0. The molecule has 0 aliphatic carbocycles. The number of rotatable bonds is 6. The lowest BCUT2D eigenvalue weighted by Gasteiger charge is -2.09. The number of thioether (sulfide) groups is 1. The van der Waals surface area contributed by atoms with Crippen molar-refractivity contribution in [1.29, 1.82) is 0 Å². The summed E-state index contributed by atoms with van der Waals surface area (Å²) >= 11 is 1.91. The van der Waals surface area contributed by atoms with Gasteiger partial charge in [-0.05, 0) is 43.9 Å². The Kier molecular flexibility index (Phi) is 4.88. The molecule has 2 aromatic rings. The fraction of sp³-hybridized carbons (Fsp3) is 0.400. The van der Waals surface area contributed by atoms with Crippen LogP contribution in [-0.4, -0.2) is 23.5 Å². The standard InChI is InChI=1S/C15H20N2S/c1-12-8-9-13-6-5-7-14(15(13)17-12)16-10-3-4-11-18-2/h5-9,16H,3-4,10-11H2,1-2H3. The van der Waals surface area contributed by atoms with Gasteiger partial charge in [0, 0.05) is 17.6 Å². The fourth-order valence-electron chi connectivity index (χ4n) is 1.98. The number of nitrogens with one attached hydrogen (secondary N) is 1. The van der Waals surface area contributed by atoms with Gasteiger partial charge >= 0.3 is 0 Å². The molecule has 0 unspecified atom stereocenters. The molecule has 0 saturated carbocycles. The second kappa shape index (κ2) is 6.64. The molecule has 0 aliphatic rings. The summed E-state index contributed by atoms with van der Waals surface area (Å²) in [6.07, 6.45) is 4.64. The summed E-state index contributed by atoms with van der Waals surface area (Å²) < 4.78 is 0. The Bertz CT molecular complexity index is 511. The van der Waals surface area contributed by atoms with Gasteiger partial charge in [0.1, 0.15) is 0 Å². The molecule has 0 atom stereocenters. The van der Waals surface area contributed by atoms with Crippen LogP contribution in [0.3, 0.4) is 0 Å². The number of pyridine rings is 1. The number of benzene rings is 1. The Morgan fingerprint density at radius 1 is 1.17 bits per heavy atom. The summed E-state index contributed by atoms with van der Waals surface area (Å²) in [5.74, 6) is 1.24. The number of aromatic nitrogens is 1. The van der Waals surface area contributed by atoms with Crippen LogP contribution in [0.4, 0.5) is 5.69 Å². The fourth-order valence-corrected chi connectivity index (χ4v) is 2.47. The first-order valence-electron chi connectivity index (χ1n) is 6.40. The van der Waals surface area contributed by atoms with Gasteiger partial charge in [0.2, 0.25) is 0 Å². The molecule has 0 aliphatic heterocycles. The van der Waals surface area contributed by atoms with Crippen LogP contribution in [0.15, 0.2) is 30.3 Å². The molecule has 2 nitrogen and oxygen atoms in total. The number of para-hydroxylation sites is 1. The monoisotopic (exact) mass is 260 g/mol. The molecular formula is C15H20N2S. The van der Waals surface area contributed by atoms with E-state index in [4.69, 9.17) is 0 Å². The highest BCUT2D eigenvalue weighted by Gasteiger charge is 2.01. The highest BCUT2D eigenvalue weighted by atomic mass is 32.2. The zero-order valence-electron chi connectivity index (χ0n) is 11.1. The predicted octanol–water partition coefficient (Wildman–Crippen LogP) is 4.10. The smallest absolute Gasteiger partial charge is 0.0936 e.